The number of methoxy groups -OCH3 is 2. The molecule has 2 rings (SSSR count). The number of amides is 2. The Morgan fingerprint density at radius 1 is 0.962 bits per heavy atom. The number of hydrogen-bond donors (Lipinski definition) is 2. The van der Waals surface area contributed by atoms with Gasteiger partial charge in [0.25, 0.3) is 0 Å². The zero-order valence-corrected chi connectivity index (χ0v) is 15.2. The molecule has 0 aliphatic rings. The number of benzene rings is 2. The minimum atomic E-state index is -0.697. The zero-order chi connectivity index (χ0) is 18.9. The van der Waals surface area contributed by atoms with E-state index in [4.69, 9.17) is 9.47 Å². The molecule has 6 nitrogen and oxygen atoms in total. The van der Waals surface area contributed by atoms with Gasteiger partial charge in [-0.25, -0.2) is 0 Å². The average molecular weight is 356 g/mol. The van der Waals surface area contributed by atoms with Crippen molar-refractivity contribution in [1.82, 2.24) is 10.6 Å². The molecule has 0 saturated carbocycles. The van der Waals surface area contributed by atoms with E-state index in [9.17, 15) is 9.59 Å². The molecule has 138 valence electrons. The highest BCUT2D eigenvalue weighted by Crippen LogP contribution is 2.21. The molecular weight excluding hydrogens is 332 g/mol. The maximum Gasteiger partial charge on any atom is 0.309 e. The monoisotopic (exact) mass is 356 g/mol. The number of ether oxygens (including phenoxy) is 2. The third-order valence-electron chi connectivity index (χ3n) is 4.05. The molecule has 0 aliphatic heterocycles. The maximum absolute atomic E-state index is 12.1. The highest BCUT2D eigenvalue weighted by molar-refractivity contribution is 6.35. The van der Waals surface area contributed by atoms with Crippen LogP contribution in [0.5, 0.6) is 5.75 Å². The first kappa shape index (κ1) is 19.5. The molecule has 2 aromatic carbocycles. The van der Waals surface area contributed by atoms with Crippen molar-refractivity contribution in [3.63, 3.8) is 0 Å². The quantitative estimate of drug-likeness (QED) is 0.747. The van der Waals surface area contributed by atoms with Crippen molar-refractivity contribution in [3.05, 3.63) is 65.7 Å². The van der Waals surface area contributed by atoms with Crippen molar-refractivity contribution in [3.8, 4) is 5.75 Å². The van der Waals surface area contributed by atoms with Gasteiger partial charge in [0.1, 0.15) is 5.75 Å². The number of hydrogen-bond acceptors (Lipinski definition) is 4. The Hall–Kier alpha value is -2.86. The standard InChI is InChI=1S/C20H24N2O4/c1-14(15-8-5-4-6-9-15)22-20(24)19(23)21-13-18(26-3)16-10-7-11-17(12-16)25-2/h4-12,14,18H,13H2,1-3H3,(H,21,23)(H,22,24). The van der Waals surface area contributed by atoms with Gasteiger partial charge in [-0.2, -0.15) is 0 Å². The summed E-state index contributed by atoms with van der Waals surface area (Å²) in [7, 11) is 3.13. The number of carbonyl (C=O) groups is 2. The van der Waals surface area contributed by atoms with Gasteiger partial charge >= 0.3 is 11.8 Å². The SMILES string of the molecule is COc1cccc(C(CNC(=O)C(=O)NC(C)c2ccccc2)OC)c1. The predicted octanol–water partition coefficient (Wildman–Crippen LogP) is 2.38. The fourth-order valence-electron chi connectivity index (χ4n) is 2.53. The summed E-state index contributed by atoms with van der Waals surface area (Å²) in [4.78, 5) is 24.2. The van der Waals surface area contributed by atoms with Crippen molar-refractivity contribution >= 4 is 11.8 Å². The summed E-state index contributed by atoms with van der Waals surface area (Å²) in [5, 5.41) is 5.29. The fourth-order valence-corrected chi connectivity index (χ4v) is 2.53. The van der Waals surface area contributed by atoms with Gasteiger partial charge in [0.2, 0.25) is 0 Å². The minimum Gasteiger partial charge on any atom is -0.497 e. The lowest BCUT2D eigenvalue weighted by Crippen LogP contribution is -2.42. The number of rotatable bonds is 7. The van der Waals surface area contributed by atoms with E-state index in [1.807, 2.05) is 61.5 Å². The summed E-state index contributed by atoms with van der Waals surface area (Å²) in [5.74, 6) is -0.676. The Labute approximate surface area is 153 Å². The minimum absolute atomic E-state index is 0.176. The molecule has 2 amide bonds. The van der Waals surface area contributed by atoms with E-state index in [0.717, 1.165) is 11.1 Å². The molecule has 2 unspecified atom stereocenters. The van der Waals surface area contributed by atoms with E-state index in [1.54, 1.807) is 14.2 Å². The second-order valence-electron chi connectivity index (χ2n) is 5.82. The van der Waals surface area contributed by atoms with Crippen LogP contribution in [-0.2, 0) is 14.3 Å². The lowest BCUT2D eigenvalue weighted by atomic mass is 10.1. The topological polar surface area (TPSA) is 76.7 Å². The number of carbonyl (C=O) groups excluding carboxylic acids is 2. The largest absolute Gasteiger partial charge is 0.497 e. The van der Waals surface area contributed by atoms with Gasteiger partial charge in [-0.1, -0.05) is 42.5 Å². The average Bonchev–Trinajstić information content (AvgIpc) is 2.69. The van der Waals surface area contributed by atoms with E-state index in [2.05, 4.69) is 10.6 Å². The van der Waals surface area contributed by atoms with Crippen LogP contribution in [0.2, 0.25) is 0 Å². The first-order chi connectivity index (χ1) is 12.5. The summed E-state index contributed by atoms with van der Waals surface area (Å²) >= 11 is 0. The van der Waals surface area contributed by atoms with Crippen LogP contribution in [0.15, 0.2) is 54.6 Å². The Morgan fingerprint density at radius 2 is 1.65 bits per heavy atom. The molecule has 6 heteroatoms. The van der Waals surface area contributed by atoms with Crippen molar-refractivity contribution in [1.29, 1.82) is 0 Å². The van der Waals surface area contributed by atoms with Crippen LogP contribution in [0.4, 0.5) is 0 Å². The van der Waals surface area contributed by atoms with Crippen LogP contribution in [0.25, 0.3) is 0 Å². The summed E-state index contributed by atoms with van der Waals surface area (Å²) in [5.41, 5.74) is 1.78. The zero-order valence-electron chi connectivity index (χ0n) is 15.2. The lowest BCUT2D eigenvalue weighted by molar-refractivity contribution is -0.139. The summed E-state index contributed by atoms with van der Waals surface area (Å²) in [6.45, 7) is 2.00. The van der Waals surface area contributed by atoms with Gasteiger partial charge in [0.05, 0.1) is 19.3 Å². The molecule has 0 heterocycles. The van der Waals surface area contributed by atoms with Crippen LogP contribution in [0, 0.1) is 0 Å². The number of nitrogens with one attached hydrogen (secondary N) is 2. The molecule has 2 aromatic rings. The van der Waals surface area contributed by atoms with Gasteiger partial charge in [0.15, 0.2) is 0 Å². The van der Waals surface area contributed by atoms with Crippen molar-refractivity contribution in [2.75, 3.05) is 20.8 Å². The molecule has 0 aromatic heterocycles. The Bertz CT molecular complexity index is 734. The van der Waals surface area contributed by atoms with Crippen LogP contribution in [0.1, 0.15) is 30.2 Å². The Morgan fingerprint density at radius 3 is 2.31 bits per heavy atom. The smallest absolute Gasteiger partial charge is 0.309 e. The van der Waals surface area contributed by atoms with Crippen LogP contribution in [0.3, 0.4) is 0 Å². The second kappa shape index (κ2) is 9.58. The molecule has 2 atom stereocenters. The third kappa shape index (κ3) is 5.32. The van der Waals surface area contributed by atoms with Gasteiger partial charge in [-0.15, -0.1) is 0 Å². The molecule has 0 fully saturated rings. The molecule has 0 aliphatic carbocycles. The van der Waals surface area contributed by atoms with Gasteiger partial charge in [-0.05, 0) is 30.2 Å². The molecular formula is C20H24N2O4. The molecule has 0 bridgehead atoms. The Balaban J connectivity index is 1.90. The van der Waals surface area contributed by atoms with E-state index in [0.29, 0.717) is 5.75 Å². The molecule has 26 heavy (non-hydrogen) atoms. The molecule has 2 N–H and O–H groups in total. The van der Waals surface area contributed by atoms with E-state index >= 15 is 0 Å². The van der Waals surface area contributed by atoms with Crippen LogP contribution >= 0.6 is 0 Å². The molecule has 0 saturated heterocycles. The maximum atomic E-state index is 12.1. The van der Waals surface area contributed by atoms with Crippen LogP contribution < -0.4 is 15.4 Å². The third-order valence-corrected chi connectivity index (χ3v) is 4.05. The first-order valence-electron chi connectivity index (χ1n) is 8.35. The lowest BCUT2D eigenvalue weighted by Gasteiger charge is -2.18. The highest BCUT2D eigenvalue weighted by atomic mass is 16.5. The van der Waals surface area contributed by atoms with E-state index in [-0.39, 0.29) is 18.7 Å². The van der Waals surface area contributed by atoms with Crippen molar-refractivity contribution < 1.29 is 19.1 Å². The fraction of sp³-hybridized carbons (Fsp3) is 0.300. The summed E-state index contributed by atoms with van der Waals surface area (Å²) < 4.78 is 10.6. The predicted molar refractivity (Wildman–Crippen MR) is 98.8 cm³/mol. The van der Waals surface area contributed by atoms with Gasteiger partial charge in [0, 0.05) is 13.7 Å². The first-order valence-corrected chi connectivity index (χ1v) is 8.35. The second-order valence-corrected chi connectivity index (χ2v) is 5.82. The van der Waals surface area contributed by atoms with Crippen molar-refractivity contribution in [2.24, 2.45) is 0 Å². The summed E-state index contributed by atoms with van der Waals surface area (Å²) in [6, 6.07) is 16.6. The normalized spacial score (nSPS) is 12.7. The van der Waals surface area contributed by atoms with Gasteiger partial charge < -0.3 is 20.1 Å². The van der Waals surface area contributed by atoms with E-state index in [1.165, 1.54) is 0 Å². The van der Waals surface area contributed by atoms with Crippen LogP contribution in [-0.4, -0.2) is 32.6 Å². The van der Waals surface area contributed by atoms with Gasteiger partial charge in [-0.3, -0.25) is 9.59 Å². The highest BCUT2D eigenvalue weighted by Gasteiger charge is 2.19. The van der Waals surface area contributed by atoms with E-state index < -0.39 is 11.8 Å². The Kier molecular flexibility index (Phi) is 7.17. The molecule has 0 spiro atoms. The summed E-state index contributed by atoms with van der Waals surface area (Å²) in [6.07, 6.45) is -0.381. The van der Waals surface area contributed by atoms with Crippen molar-refractivity contribution in [2.45, 2.75) is 19.1 Å². The molecule has 0 radical (unpaired) electrons.